The fourth-order valence-corrected chi connectivity index (χ4v) is 2.62. The van der Waals surface area contributed by atoms with E-state index in [1.807, 2.05) is 24.3 Å². The molecular weight excluding hydrogens is 256 g/mol. The molecule has 1 aliphatic rings. The zero-order chi connectivity index (χ0) is 14.9. The van der Waals surface area contributed by atoms with E-state index in [1.54, 1.807) is 0 Å². The summed E-state index contributed by atoms with van der Waals surface area (Å²) in [6.45, 7) is 2.09. The average molecular weight is 276 g/mol. The van der Waals surface area contributed by atoms with Crippen LogP contribution in [0, 0.1) is 6.92 Å². The van der Waals surface area contributed by atoms with Crippen LogP contribution in [0.25, 0.3) is 5.57 Å². The van der Waals surface area contributed by atoms with Crippen molar-refractivity contribution in [2.45, 2.75) is 18.9 Å². The van der Waals surface area contributed by atoms with Crippen molar-refractivity contribution < 1.29 is 0 Å². The lowest BCUT2D eigenvalue weighted by Crippen LogP contribution is -2.35. The van der Waals surface area contributed by atoms with Gasteiger partial charge >= 0.3 is 0 Å². The van der Waals surface area contributed by atoms with Gasteiger partial charge in [-0.2, -0.15) is 0 Å². The Bertz CT molecular complexity index is 693. The van der Waals surface area contributed by atoms with E-state index < -0.39 is 5.54 Å². The Morgan fingerprint density at radius 2 is 1.62 bits per heavy atom. The van der Waals surface area contributed by atoms with Gasteiger partial charge in [-0.3, -0.25) is 0 Å². The van der Waals surface area contributed by atoms with Crippen LogP contribution in [-0.4, -0.2) is 0 Å². The SMILES string of the molecule is Cc1ccc(C2(N)C=CC(c3ccc(N)cc3)=CC2)cc1. The largest absolute Gasteiger partial charge is 0.399 e. The normalized spacial score (nSPS) is 21.1. The fourth-order valence-electron chi connectivity index (χ4n) is 2.62. The predicted octanol–water partition coefficient (Wildman–Crippen LogP) is 3.77. The number of allylic oxidation sites excluding steroid dienone is 2. The zero-order valence-corrected chi connectivity index (χ0v) is 12.2. The number of aryl methyl sites for hydroxylation is 1. The quantitative estimate of drug-likeness (QED) is 0.820. The van der Waals surface area contributed by atoms with Gasteiger partial charge in [0.15, 0.2) is 0 Å². The number of anilines is 1. The Morgan fingerprint density at radius 3 is 2.19 bits per heavy atom. The minimum Gasteiger partial charge on any atom is -0.399 e. The molecule has 2 aromatic rings. The molecular formula is C19H20N2. The summed E-state index contributed by atoms with van der Waals surface area (Å²) in [6.07, 6.45) is 7.20. The third-order valence-electron chi connectivity index (χ3n) is 4.05. The summed E-state index contributed by atoms with van der Waals surface area (Å²) in [6, 6.07) is 16.4. The number of hydrogen-bond donors (Lipinski definition) is 2. The molecule has 3 rings (SSSR count). The first-order valence-electron chi connectivity index (χ1n) is 7.18. The van der Waals surface area contributed by atoms with Gasteiger partial charge in [-0.1, -0.05) is 60.2 Å². The molecule has 0 amide bonds. The summed E-state index contributed by atoms with van der Waals surface area (Å²) in [5, 5.41) is 0. The topological polar surface area (TPSA) is 52.0 Å². The predicted molar refractivity (Wildman–Crippen MR) is 89.6 cm³/mol. The summed E-state index contributed by atoms with van der Waals surface area (Å²) >= 11 is 0. The van der Waals surface area contributed by atoms with Crippen molar-refractivity contribution in [2.75, 3.05) is 5.73 Å². The molecule has 2 heteroatoms. The van der Waals surface area contributed by atoms with Crippen molar-refractivity contribution in [3.63, 3.8) is 0 Å². The Morgan fingerprint density at radius 1 is 0.952 bits per heavy atom. The minimum absolute atomic E-state index is 0.412. The molecule has 1 aliphatic carbocycles. The van der Waals surface area contributed by atoms with Crippen LogP contribution in [0.2, 0.25) is 0 Å². The molecule has 2 aromatic carbocycles. The molecule has 0 saturated heterocycles. The highest BCUT2D eigenvalue weighted by Crippen LogP contribution is 2.32. The third kappa shape index (κ3) is 2.76. The van der Waals surface area contributed by atoms with E-state index in [1.165, 1.54) is 16.7 Å². The van der Waals surface area contributed by atoms with E-state index in [0.717, 1.165) is 17.7 Å². The maximum atomic E-state index is 6.54. The van der Waals surface area contributed by atoms with Crippen molar-refractivity contribution >= 4 is 11.3 Å². The molecule has 0 spiro atoms. The van der Waals surface area contributed by atoms with Crippen LogP contribution < -0.4 is 11.5 Å². The number of nitrogens with two attached hydrogens (primary N) is 2. The molecule has 0 radical (unpaired) electrons. The van der Waals surface area contributed by atoms with Crippen LogP contribution in [0.1, 0.15) is 23.1 Å². The van der Waals surface area contributed by atoms with Crippen LogP contribution in [0.5, 0.6) is 0 Å². The standard InChI is InChI=1S/C19H20N2/c1-14-2-6-17(7-3-14)19(21)12-10-16(11-13-19)15-4-8-18(20)9-5-15/h2-12H,13,20-21H2,1H3. The van der Waals surface area contributed by atoms with E-state index in [4.69, 9.17) is 11.5 Å². The number of benzene rings is 2. The van der Waals surface area contributed by atoms with Crippen molar-refractivity contribution in [1.29, 1.82) is 0 Å². The molecule has 0 saturated carbocycles. The van der Waals surface area contributed by atoms with Crippen molar-refractivity contribution in [3.8, 4) is 0 Å². The van der Waals surface area contributed by atoms with Gasteiger partial charge in [0.05, 0.1) is 5.54 Å². The van der Waals surface area contributed by atoms with Crippen LogP contribution >= 0.6 is 0 Å². The third-order valence-corrected chi connectivity index (χ3v) is 4.05. The van der Waals surface area contributed by atoms with Gasteiger partial charge < -0.3 is 11.5 Å². The summed E-state index contributed by atoms with van der Waals surface area (Å²) in [5.74, 6) is 0. The van der Waals surface area contributed by atoms with Crippen molar-refractivity contribution in [3.05, 3.63) is 83.4 Å². The highest BCUT2D eigenvalue weighted by molar-refractivity contribution is 5.76. The molecule has 0 aliphatic heterocycles. The summed E-state index contributed by atoms with van der Waals surface area (Å²) in [7, 11) is 0. The summed E-state index contributed by atoms with van der Waals surface area (Å²) in [5.41, 5.74) is 17.4. The Kier molecular flexibility index (Phi) is 3.40. The van der Waals surface area contributed by atoms with Gasteiger partial charge in [-0.15, -0.1) is 0 Å². The van der Waals surface area contributed by atoms with Gasteiger partial charge in [0, 0.05) is 5.69 Å². The maximum Gasteiger partial charge on any atom is 0.0633 e. The summed E-state index contributed by atoms with van der Waals surface area (Å²) in [4.78, 5) is 0. The van der Waals surface area contributed by atoms with Crippen LogP contribution in [0.3, 0.4) is 0 Å². The van der Waals surface area contributed by atoms with E-state index in [-0.39, 0.29) is 0 Å². The lowest BCUT2D eigenvalue weighted by atomic mass is 9.82. The number of hydrogen-bond acceptors (Lipinski definition) is 2. The zero-order valence-electron chi connectivity index (χ0n) is 12.2. The highest BCUT2D eigenvalue weighted by atomic mass is 14.7. The lowest BCUT2D eigenvalue weighted by Gasteiger charge is -2.29. The number of nitrogen functional groups attached to an aromatic ring is 1. The molecule has 106 valence electrons. The Labute approximate surface area is 125 Å². The van der Waals surface area contributed by atoms with Crippen LogP contribution in [0.4, 0.5) is 5.69 Å². The Balaban J connectivity index is 1.84. The smallest absolute Gasteiger partial charge is 0.0633 e. The van der Waals surface area contributed by atoms with Gasteiger partial charge in [0.2, 0.25) is 0 Å². The van der Waals surface area contributed by atoms with Gasteiger partial charge in [0.25, 0.3) is 0 Å². The molecule has 4 N–H and O–H groups in total. The molecule has 2 nitrogen and oxygen atoms in total. The second-order valence-electron chi connectivity index (χ2n) is 5.73. The first-order chi connectivity index (χ1) is 10.1. The van der Waals surface area contributed by atoms with Crippen LogP contribution in [0.15, 0.2) is 66.8 Å². The second kappa shape index (κ2) is 5.23. The van der Waals surface area contributed by atoms with Gasteiger partial charge in [0.1, 0.15) is 0 Å². The van der Waals surface area contributed by atoms with Gasteiger partial charge in [-0.25, -0.2) is 0 Å². The molecule has 21 heavy (non-hydrogen) atoms. The van der Waals surface area contributed by atoms with E-state index in [0.29, 0.717) is 0 Å². The minimum atomic E-state index is -0.412. The average Bonchev–Trinajstić information content (AvgIpc) is 2.50. The van der Waals surface area contributed by atoms with E-state index >= 15 is 0 Å². The molecule has 1 atom stereocenters. The molecule has 0 bridgehead atoms. The fraction of sp³-hybridized carbons (Fsp3) is 0.158. The molecule has 0 fully saturated rings. The van der Waals surface area contributed by atoms with E-state index in [9.17, 15) is 0 Å². The molecule has 0 heterocycles. The first kappa shape index (κ1) is 13.7. The Hall–Kier alpha value is -2.32. The maximum absolute atomic E-state index is 6.54. The molecule has 1 unspecified atom stereocenters. The first-order valence-corrected chi connectivity index (χ1v) is 7.18. The second-order valence-corrected chi connectivity index (χ2v) is 5.73. The number of rotatable bonds is 2. The van der Waals surface area contributed by atoms with Crippen LogP contribution in [-0.2, 0) is 5.54 Å². The lowest BCUT2D eigenvalue weighted by molar-refractivity contribution is 0.567. The van der Waals surface area contributed by atoms with Crippen molar-refractivity contribution in [2.24, 2.45) is 5.73 Å². The van der Waals surface area contributed by atoms with E-state index in [2.05, 4.69) is 49.4 Å². The van der Waals surface area contributed by atoms with Gasteiger partial charge in [-0.05, 0) is 42.2 Å². The highest BCUT2D eigenvalue weighted by Gasteiger charge is 2.25. The monoisotopic (exact) mass is 276 g/mol. The van der Waals surface area contributed by atoms with Crippen molar-refractivity contribution in [1.82, 2.24) is 0 Å². The molecule has 0 aromatic heterocycles. The summed E-state index contributed by atoms with van der Waals surface area (Å²) < 4.78 is 0.